The quantitative estimate of drug-likeness (QED) is 0.816. The smallest absolute Gasteiger partial charge is 0.257 e. The van der Waals surface area contributed by atoms with E-state index in [1.54, 1.807) is 0 Å². The molecule has 0 saturated carbocycles. The van der Waals surface area contributed by atoms with E-state index in [1.807, 2.05) is 6.92 Å². The third-order valence-corrected chi connectivity index (χ3v) is 6.67. The number of rotatable bonds is 5. The number of sulfonamides is 1. The van der Waals surface area contributed by atoms with Crippen LogP contribution in [0, 0.1) is 5.82 Å². The number of carbonyl (C=O) groups is 1. The molecule has 0 radical (unpaired) electrons. The number of ether oxygens (including phenoxy) is 1. The molecule has 0 atom stereocenters. The average molecular weight is 400 g/mol. The Balaban J connectivity index is 1.85. The number of benzene rings is 1. The zero-order valence-corrected chi connectivity index (χ0v) is 15.6. The first-order valence-electron chi connectivity index (χ1n) is 7.93. The predicted octanol–water partition coefficient (Wildman–Crippen LogP) is 1.51. The molecule has 0 spiro atoms. The Morgan fingerprint density at radius 3 is 2.73 bits per heavy atom. The molecule has 11 heteroatoms. The first-order valence-corrected chi connectivity index (χ1v) is 10.2. The Morgan fingerprint density at radius 1 is 1.35 bits per heavy atom. The lowest BCUT2D eigenvalue weighted by Gasteiger charge is -2.26. The zero-order chi connectivity index (χ0) is 18.7. The highest BCUT2D eigenvalue weighted by atomic mass is 32.2. The number of anilines is 1. The van der Waals surface area contributed by atoms with E-state index in [1.165, 1.54) is 17.4 Å². The molecule has 1 N–H and O–H groups in total. The molecule has 1 aliphatic heterocycles. The van der Waals surface area contributed by atoms with Crippen LogP contribution in [0.3, 0.4) is 0 Å². The molecule has 140 valence electrons. The van der Waals surface area contributed by atoms with E-state index in [0.29, 0.717) is 11.6 Å². The van der Waals surface area contributed by atoms with Crippen LogP contribution < -0.4 is 5.32 Å². The lowest BCUT2D eigenvalue weighted by Crippen LogP contribution is -2.41. The number of hydrogen-bond acceptors (Lipinski definition) is 7. The van der Waals surface area contributed by atoms with Crippen molar-refractivity contribution in [3.8, 4) is 0 Å². The number of aromatic nitrogens is 2. The molecule has 1 aliphatic rings. The van der Waals surface area contributed by atoms with Gasteiger partial charge in [0.15, 0.2) is 0 Å². The van der Waals surface area contributed by atoms with Crippen LogP contribution in [0.2, 0.25) is 0 Å². The second-order valence-electron chi connectivity index (χ2n) is 5.47. The highest BCUT2D eigenvalue weighted by molar-refractivity contribution is 7.89. The normalized spacial score (nSPS) is 15.8. The van der Waals surface area contributed by atoms with Gasteiger partial charge >= 0.3 is 0 Å². The first kappa shape index (κ1) is 18.8. The summed E-state index contributed by atoms with van der Waals surface area (Å²) in [6.07, 6.45) is 0.687. The molecule has 26 heavy (non-hydrogen) atoms. The number of aryl methyl sites for hydroxylation is 1. The van der Waals surface area contributed by atoms with Crippen molar-refractivity contribution in [2.75, 3.05) is 31.6 Å². The molecule has 1 fully saturated rings. The van der Waals surface area contributed by atoms with E-state index in [4.69, 9.17) is 4.74 Å². The maximum absolute atomic E-state index is 14.2. The van der Waals surface area contributed by atoms with Crippen LogP contribution >= 0.6 is 11.3 Å². The Labute approximate surface area is 154 Å². The molecular weight excluding hydrogens is 383 g/mol. The molecule has 1 saturated heterocycles. The SMILES string of the molecule is CCc1nnc(NC(=O)c2ccc(F)c(S(=O)(=O)N3CCOCC3)c2)s1. The fraction of sp³-hybridized carbons (Fsp3) is 0.400. The fourth-order valence-electron chi connectivity index (χ4n) is 2.38. The van der Waals surface area contributed by atoms with E-state index in [2.05, 4.69) is 15.5 Å². The first-order chi connectivity index (χ1) is 12.4. The van der Waals surface area contributed by atoms with Crippen LogP contribution in [-0.4, -0.2) is 55.1 Å². The van der Waals surface area contributed by atoms with Crippen molar-refractivity contribution in [1.82, 2.24) is 14.5 Å². The van der Waals surface area contributed by atoms with Gasteiger partial charge in [0.1, 0.15) is 15.7 Å². The minimum absolute atomic E-state index is 0.0199. The Hall–Kier alpha value is -1.95. The number of morpholine rings is 1. The van der Waals surface area contributed by atoms with Crippen LogP contribution in [-0.2, 0) is 21.2 Å². The maximum Gasteiger partial charge on any atom is 0.257 e. The summed E-state index contributed by atoms with van der Waals surface area (Å²) in [7, 11) is -4.05. The number of halogens is 1. The molecule has 3 rings (SSSR count). The Morgan fingerprint density at radius 2 is 2.08 bits per heavy atom. The summed E-state index contributed by atoms with van der Waals surface area (Å²) >= 11 is 1.22. The summed E-state index contributed by atoms with van der Waals surface area (Å²) < 4.78 is 45.8. The second kappa shape index (κ2) is 7.74. The van der Waals surface area contributed by atoms with Crippen molar-refractivity contribution in [1.29, 1.82) is 0 Å². The molecule has 1 amide bonds. The number of nitrogens with zero attached hydrogens (tertiary/aromatic N) is 3. The van der Waals surface area contributed by atoms with Gasteiger partial charge in [-0.3, -0.25) is 10.1 Å². The topological polar surface area (TPSA) is 101 Å². The van der Waals surface area contributed by atoms with Crippen molar-refractivity contribution in [2.24, 2.45) is 0 Å². The van der Waals surface area contributed by atoms with Crippen molar-refractivity contribution in [3.63, 3.8) is 0 Å². The van der Waals surface area contributed by atoms with E-state index < -0.39 is 26.6 Å². The van der Waals surface area contributed by atoms with Crippen LogP contribution in [0.4, 0.5) is 9.52 Å². The van der Waals surface area contributed by atoms with Gasteiger partial charge in [-0.15, -0.1) is 10.2 Å². The van der Waals surface area contributed by atoms with E-state index in [0.717, 1.165) is 21.4 Å². The Kier molecular flexibility index (Phi) is 5.61. The standard InChI is InChI=1S/C15H17FN4O4S2/c1-2-13-18-19-15(25-13)17-14(21)10-3-4-11(16)12(9-10)26(22,23)20-5-7-24-8-6-20/h3-4,9H,2,5-8H2,1H3,(H,17,19,21). The second-order valence-corrected chi connectivity index (χ2v) is 8.44. The zero-order valence-electron chi connectivity index (χ0n) is 13.9. The molecule has 2 aromatic rings. The van der Waals surface area contributed by atoms with E-state index in [-0.39, 0.29) is 31.9 Å². The van der Waals surface area contributed by atoms with Crippen LogP contribution in [0.15, 0.2) is 23.1 Å². The van der Waals surface area contributed by atoms with Crippen LogP contribution in [0.1, 0.15) is 22.3 Å². The monoisotopic (exact) mass is 400 g/mol. The van der Waals surface area contributed by atoms with Gasteiger partial charge in [0.25, 0.3) is 5.91 Å². The summed E-state index contributed by atoms with van der Waals surface area (Å²) in [5.74, 6) is -1.49. The lowest BCUT2D eigenvalue weighted by atomic mass is 10.2. The number of nitrogens with one attached hydrogen (secondary N) is 1. The largest absolute Gasteiger partial charge is 0.379 e. The lowest BCUT2D eigenvalue weighted by molar-refractivity contribution is 0.0729. The molecule has 0 bridgehead atoms. The third kappa shape index (κ3) is 3.90. The predicted molar refractivity (Wildman–Crippen MR) is 93.2 cm³/mol. The average Bonchev–Trinajstić information content (AvgIpc) is 3.10. The molecule has 1 aromatic heterocycles. The highest BCUT2D eigenvalue weighted by Gasteiger charge is 2.29. The molecule has 0 aliphatic carbocycles. The molecule has 0 unspecified atom stereocenters. The van der Waals surface area contributed by atoms with Gasteiger partial charge in [0, 0.05) is 18.7 Å². The number of carbonyl (C=O) groups excluding carboxylic acids is 1. The van der Waals surface area contributed by atoms with Gasteiger partial charge in [-0.05, 0) is 24.6 Å². The summed E-state index contributed by atoms with van der Waals surface area (Å²) in [6, 6.07) is 3.24. The Bertz CT molecular complexity index is 910. The molecule has 1 aromatic carbocycles. The third-order valence-electron chi connectivity index (χ3n) is 3.77. The van der Waals surface area contributed by atoms with Crippen LogP contribution in [0.25, 0.3) is 0 Å². The van der Waals surface area contributed by atoms with Gasteiger partial charge in [0.05, 0.1) is 13.2 Å². The van der Waals surface area contributed by atoms with E-state index in [9.17, 15) is 17.6 Å². The summed E-state index contributed by atoms with van der Waals surface area (Å²) in [5, 5.41) is 11.3. The highest BCUT2D eigenvalue weighted by Crippen LogP contribution is 2.23. The summed E-state index contributed by atoms with van der Waals surface area (Å²) in [4.78, 5) is 11.8. The van der Waals surface area contributed by atoms with Crippen molar-refractivity contribution in [3.05, 3.63) is 34.6 Å². The van der Waals surface area contributed by atoms with Crippen molar-refractivity contribution in [2.45, 2.75) is 18.2 Å². The van der Waals surface area contributed by atoms with Crippen LogP contribution in [0.5, 0.6) is 0 Å². The van der Waals surface area contributed by atoms with Gasteiger partial charge < -0.3 is 4.74 Å². The van der Waals surface area contributed by atoms with Gasteiger partial charge in [-0.25, -0.2) is 12.8 Å². The minimum Gasteiger partial charge on any atom is -0.379 e. The number of hydrogen-bond donors (Lipinski definition) is 1. The molecular formula is C15H17FN4O4S2. The summed E-state index contributed by atoms with van der Waals surface area (Å²) in [6.45, 7) is 2.69. The molecule has 8 nitrogen and oxygen atoms in total. The fourth-order valence-corrected chi connectivity index (χ4v) is 4.56. The van der Waals surface area contributed by atoms with Crippen molar-refractivity contribution >= 4 is 32.4 Å². The van der Waals surface area contributed by atoms with Crippen molar-refractivity contribution < 1.29 is 22.3 Å². The van der Waals surface area contributed by atoms with E-state index >= 15 is 0 Å². The van der Waals surface area contributed by atoms with Gasteiger partial charge in [-0.1, -0.05) is 18.3 Å². The number of amides is 1. The van der Waals surface area contributed by atoms with Gasteiger partial charge in [0.2, 0.25) is 15.2 Å². The van der Waals surface area contributed by atoms with Gasteiger partial charge in [-0.2, -0.15) is 4.31 Å². The maximum atomic E-state index is 14.2. The molecule has 2 heterocycles. The minimum atomic E-state index is -4.05. The summed E-state index contributed by atoms with van der Waals surface area (Å²) in [5.41, 5.74) is 0.0199.